The Balaban J connectivity index is 2.18. The topological polar surface area (TPSA) is 61.0 Å². The molecule has 17 heavy (non-hydrogen) atoms. The van der Waals surface area contributed by atoms with Crippen molar-refractivity contribution < 1.29 is 4.74 Å². The molecule has 2 aromatic rings. The van der Waals surface area contributed by atoms with Crippen molar-refractivity contribution in [3.8, 4) is 11.6 Å². The number of rotatable bonds is 3. The van der Waals surface area contributed by atoms with Gasteiger partial charge in [-0.25, -0.2) is 0 Å². The first-order valence-electron chi connectivity index (χ1n) is 5.18. The highest BCUT2D eigenvalue weighted by atomic mass is 35.5. The van der Waals surface area contributed by atoms with E-state index in [1.807, 2.05) is 31.2 Å². The molecule has 0 bridgehead atoms. The van der Waals surface area contributed by atoms with Crippen molar-refractivity contribution in [3.63, 3.8) is 0 Å². The fourth-order valence-electron chi connectivity index (χ4n) is 1.34. The third-order valence-electron chi connectivity index (χ3n) is 2.21. The fourth-order valence-corrected chi connectivity index (χ4v) is 1.44. The molecule has 0 fully saturated rings. The molecule has 0 saturated heterocycles. The van der Waals surface area contributed by atoms with Gasteiger partial charge in [-0.3, -0.25) is 0 Å². The highest BCUT2D eigenvalue weighted by molar-refractivity contribution is 6.29. The molecule has 0 spiro atoms. The van der Waals surface area contributed by atoms with Crippen LogP contribution in [0, 0.1) is 0 Å². The maximum absolute atomic E-state index is 5.79. The van der Waals surface area contributed by atoms with Gasteiger partial charge in [-0.05, 0) is 30.7 Å². The van der Waals surface area contributed by atoms with Crippen LogP contribution in [0.3, 0.4) is 0 Å². The fraction of sp³-hybridized carbons (Fsp3) is 0.167. The van der Waals surface area contributed by atoms with E-state index in [-0.39, 0.29) is 6.04 Å². The van der Waals surface area contributed by atoms with Crippen molar-refractivity contribution in [2.75, 3.05) is 0 Å². The molecule has 88 valence electrons. The largest absolute Gasteiger partial charge is 0.438 e. The summed E-state index contributed by atoms with van der Waals surface area (Å²) in [5, 5.41) is 7.85. The standard InChI is InChI=1S/C12H12ClN3O/c1-8(14)9-3-2-4-10(7-9)17-12-6-5-11(13)15-16-12/h2-8H,14H2,1H3/t8-/m0/s1. The van der Waals surface area contributed by atoms with Gasteiger partial charge < -0.3 is 10.5 Å². The summed E-state index contributed by atoms with van der Waals surface area (Å²) in [5.41, 5.74) is 6.80. The summed E-state index contributed by atoms with van der Waals surface area (Å²) in [6.45, 7) is 1.92. The van der Waals surface area contributed by atoms with Gasteiger partial charge in [-0.15, -0.1) is 10.2 Å². The molecule has 1 aromatic heterocycles. The summed E-state index contributed by atoms with van der Waals surface area (Å²) in [7, 11) is 0. The maximum Gasteiger partial charge on any atom is 0.238 e. The molecule has 1 heterocycles. The smallest absolute Gasteiger partial charge is 0.238 e. The van der Waals surface area contributed by atoms with Crippen LogP contribution in [0.1, 0.15) is 18.5 Å². The van der Waals surface area contributed by atoms with E-state index in [0.717, 1.165) is 5.56 Å². The van der Waals surface area contributed by atoms with E-state index in [2.05, 4.69) is 10.2 Å². The number of halogens is 1. The number of ether oxygens (including phenoxy) is 1. The van der Waals surface area contributed by atoms with E-state index in [1.54, 1.807) is 12.1 Å². The Morgan fingerprint density at radius 3 is 2.71 bits per heavy atom. The minimum Gasteiger partial charge on any atom is -0.438 e. The minimum atomic E-state index is -0.0325. The predicted molar refractivity (Wildman–Crippen MR) is 66.2 cm³/mol. The second-order valence-corrected chi connectivity index (χ2v) is 4.04. The Kier molecular flexibility index (Phi) is 3.56. The van der Waals surface area contributed by atoms with Gasteiger partial charge in [-0.2, -0.15) is 0 Å². The SMILES string of the molecule is C[C@H](N)c1cccc(Oc2ccc(Cl)nn2)c1. The van der Waals surface area contributed by atoms with Crippen molar-refractivity contribution in [1.29, 1.82) is 0 Å². The van der Waals surface area contributed by atoms with Gasteiger partial charge in [0.15, 0.2) is 5.15 Å². The van der Waals surface area contributed by atoms with Crippen molar-refractivity contribution in [3.05, 3.63) is 47.1 Å². The summed E-state index contributed by atoms with van der Waals surface area (Å²) < 4.78 is 5.54. The molecule has 0 aliphatic rings. The van der Waals surface area contributed by atoms with Crippen LogP contribution in [-0.2, 0) is 0 Å². The van der Waals surface area contributed by atoms with Crippen LogP contribution in [0.25, 0.3) is 0 Å². The lowest BCUT2D eigenvalue weighted by atomic mass is 10.1. The first-order valence-corrected chi connectivity index (χ1v) is 5.55. The van der Waals surface area contributed by atoms with Gasteiger partial charge in [0.2, 0.25) is 5.88 Å². The molecule has 5 heteroatoms. The first-order chi connectivity index (χ1) is 8.15. The average molecular weight is 250 g/mol. The molecule has 0 amide bonds. The molecule has 4 nitrogen and oxygen atoms in total. The van der Waals surface area contributed by atoms with Gasteiger partial charge >= 0.3 is 0 Å². The molecular weight excluding hydrogens is 238 g/mol. The van der Waals surface area contributed by atoms with Crippen molar-refractivity contribution in [1.82, 2.24) is 10.2 Å². The lowest BCUT2D eigenvalue weighted by Gasteiger charge is -2.08. The van der Waals surface area contributed by atoms with E-state index in [4.69, 9.17) is 22.1 Å². The van der Waals surface area contributed by atoms with Crippen LogP contribution in [0.2, 0.25) is 5.15 Å². The predicted octanol–water partition coefficient (Wildman–Crippen LogP) is 2.94. The third-order valence-corrected chi connectivity index (χ3v) is 2.42. The molecule has 0 unspecified atom stereocenters. The number of hydrogen-bond acceptors (Lipinski definition) is 4. The Morgan fingerprint density at radius 2 is 2.06 bits per heavy atom. The number of nitrogens with two attached hydrogens (primary N) is 1. The number of hydrogen-bond donors (Lipinski definition) is 1. The molecule has 0 aliphatic heterocycles. The Labute approximate surface area is 104 Å². The highest BCUT2D eigenvalue weighted by Gasteiger charge is 2.03. The highest BCUT2D eigenvalue weighted by Crippen LogP contribution is 2.22. The van der Waals surface area contributed by atoms with Crippen LogP contribution < -0.4 is 10.5 Å². The Bertz CT molecular complexity index is 499. The van der Waals surface area contributed by atoms with Gasteiger partial charge in [0, 0.05) is 12.1 Å². The van der Waals surface area contributed by atoms with E-state index >= 15 is 0 Å². The van der Waals surface area contributed by atoms with Crippen molar-refractivity contribution in [2.45, 2.75) is 13.0 Å². The van der Waals surface area contributed by atoms with E-state index < -0.39 is 0 Å². The number of nitrogens with zero attached hydrogens (tertiary/aromatic N) is 2. The van der Waals surface area contributed by atoms with Crippen LogP contribution in [-0.4, -0.2) is 10.2 Å². The maximum atomic E-state index is 5.79. The van der Waals surface area contributed by atoms with Gasteiger partial charge in [-0.1, -0.05) is 23.7 Å². The second kappa shape index (κ2) is 5.12. The van der Waals surface area contributed by atoms with E-state index in [9.17, 15) is 0 Å². The number of benzene rings is 1. The van der Waals surface area contributed by atoms with Gasteiger partial charge in [0.25, 0.3) is 0 Å². The molecule has 1 aromatic carbocycles. The molecule has 2 rings (SSSR count). The van der Waals surface area contributed by atoms with Crippen molar-refractivity contribution in [2.24, 2.45) is 5.73 Å². The lowest BCUT2D eigenvalue weighted by molar-refractivity contribution is 0.454. The van der Waals surface area contributed by atoms with Gasteiger partial charge in [0.1, 0.15) is 5.75 Å². The lowest BCUT2D eigenvalue weighted by Crippen LogP contribution is -2.04. The number of aromatic nitrogens is 2. The van der Waals surface area contributed by atoms with E-state index in [1.165, 1.54) is 0 Å². The molecule has 0 saturated carbocycles. The van der Waals surface area contributed by atoms with Crippen LogP contribution in [0.5, 0.6) is 11.6 Å². The van der Waals surface area contributed by atoms with Crippen molar-refractivity contribution >= 4 is 11.6 Å². The van der Waals surface area contributed by atoms with E-state index in [0.29, 0.717) is 16.8 Å². The van der Waals surface area contributed by atoms with Crippen LogP contribution >= 0.6 is 11.6 Å². The Hall–Kier alpha value is -1.65. The monoisotopic (exact) mass is 249 g/mol. The zero-order valence-corrected chi connectivity index (χ0v) is 10.1. The molecule has 0 radical (unpaired) electrons. The molecular formula is C12H12ClN3O. The molecule has 2 N–H and O–H groups in total. The summed E-state index contributed by atoms with van der Waals surface area (Å²) in [6, 6.07) is 10.8. The summed E-state index contributed by atoms with van der Waals surface area (Å²) in [5.74, 6) is 1.08. The zero-order valence-electron chi connectivity index (χ0n) is 9.30. The van der Waals surface area contributed by atoms with Crippen LogP contribution in [0.15, 0.2) is 36.4 Å². The quantitative estimate of drug-likeness (QED) is 0.909. The minimum absolute atomic E-state index is 0.0325. The summed E-state index contributed by atoms with van der Waals surface area (Å²) in [4.78, 5) is 0. The molecule has 1 atom stereocenters. The van der Waals surface area contributed by atoms with Gasteiger partial charge in [0.05, 0.1) is 0 Å². The summed E-state index contributed by atoms with van der Waals surface area (Å²) in [6.07, 6.45) is 0. The zero-order chi connectivity index (χ0) is 12.3. The third kappa shape index (κ3) is 3.15. The average Bonchev–Trinajstić information content (AvgIpc) is 2.32. The molecule has 0 aliphatic carbocycles. The second-order valence-electron chi connectivity index (χ2n) is 3.66. The summed E-state index contributed by atoms with van der Waals surface area (Å²) >= 11 is 5.64. The first kappa shape index (κ1) is 11.8. The normalized spacial score (nSPS) is 12.2. The van der Waals surface area contributed by atoms with Crippen LogP contribution in [0.4, 0.5) is 0 Å². The Morgan fingerprint density at radius 1 is 1.24 bits per heavy atom.